The van der Waals surface area contributed by atoms with Crippen molar-refractivity contribution < 1.29 is 32.3 Å². The highest BCUT2D eigenvalue weighted by atomic mass is 35.5. The normalized spacial score (nSPS) is 12.8. The minimum Gasteiger partial charge on any atom is -0.478 e. The maximum Gasteiger partial charge on any atom is 0.453 e. The summed E-state index contributed by atoms with van der Waals surface area (Å²) in [6.07, 6.45) is -4.10. The molecule has 31 heavy (non-hydrogen) atoms. The van der Waals surface area contributed by atoms with Crippen LogP contribution < -0.4 is 4.74 Å². The van der Waals surface area contributed by atoms with E-state index in [9.17, 15) is 23.1 Å². The van der Waals surface area contributed by atoms with Gasteiger partial charge in [0.1, 0.15) is 11.3 Å². The molecule has 1 N–H and O–H groups in total. The summed E-state index contributed by atoms with van der Waals surface area (Å²) in [5, 5.41) is 13.7. The molecule has 1 unspecified atom stereocenters. The number of aryl methyl sites for hydroxylation is 2. The van der Waals surface area contributed by atoms with E-state index in [1.165, 1.54) is 18.2 Å². The number of carboxylic acid groups (broad SMARTS) is 1. The molecule has 0 aliphatic carbocycles. The molecule has 9 heteroatoms. The molecule has 0 radical (unpaired) electrons. The van der Waals surface area contributed by atoms with Crippen LogP contribution in [-0.2, 0) is 23.8 Å². The van der Waals surface area contributed by atoms with Crippen molar-refractivity contribution in [1.82, 2.24) is 5.16 Å². The molecule has 0 aliphatic rings. The fourth-order valence-electron chi connectivity index (χ4n) is 3.49. The van der Waals surface area contributed by atoms with Gasteiger partial charge in [0.25, 0.3) is 0 Å². The highest BCUT2D eigenvalue weighted by molar-refractivity contribution is 6.30. The highest BCUT2D eigenvalue weighted by Gasteiger charge is 2.39. The number of ether oxygens (including phenoxy) is 1. The summed E-state index contributed by atoms with van der Waals surface area (Å²) in [6, 6.07) is 7.51. The number of nitrogens with zero attached hydrogens (tertiary/aromatic N) is 1. The molecule has 3 aromatic rings. The first-order valence-corrected chi connectivity index (χ1v) is 10.2. The van der Waals surface area contributed by atoms with Crippen molar-refractivity contribution >= 4 is 28.5 Å². The van der Waals surface area contributed by atoms with Crippen molar-refractivity contribution in [2.75, 3.05) is 0 Å². The van der Waals surface area contributed by atoms with Crippen LogP contribution in [0.5, 0.6) is 5.75 Å². The average Bonchev–Trinajstić information content (AvgIpc) is 3.13. The molecule has 166 valence electrons. The average molecular weight is 456 g/mol. The quantitative estimate of drug-likeness (QED) is 0.413. The molecule has 0 fully saturated rings. The number of hydrogen-bond donors (Lipinski definition) is 1. The van der Waals surface area contributed by atoms with Crippen LogP contribution >= 0.6 is 11.6 Å². The van der Waals surface area contributed by atoms with E-state index >= 15 is 0 Å². The summed E-state index contributed by atoms with van der Waals surface area (Å²) in [6.45, 7) is 3.74. The number of benzene rings is 2. The van der Waals surface area contributed by atoms with Crippen molar-refractivity contribution in [2.24, 2.45) is 0 Å². The van der Waals surface area contributed by atoms with E-state index in [1.807, 2.05) is 13.8 Å². The molecule has 1 aromatic heterocycles. The fourth-order valence-corrected chi connectivity index (χ4v) is 3.62. The standard InChI is InChI=1S/C22H21ClF3NO4/c1-3-5-13-11-16-17(27-31-20(16)22(24,25)26)15(6-4-2)18(13)30-19(21(28)29)12-7-9-14(23)10-8-12/h7-11,19H,3-6H2,1-2H3,(H,28,29). The SMILES string of the molecule is CCCc1cc2c(C(F)(F)F)onc2c(CCC)c1OC(C(=O)O)c1ccc(Cl)cc1. The Labute approximate surface area is 181 Å². The number of hydrogen-bond acceptors (Lipinski definition) is 4. The van der Waals surface area contributed by atoms with E-state index in [1.54, 1.807) is 12.1 Å². The number of alkyl halides is 3. The number of rotatable bonds is 8. The number of carboxylic acids is 1. The number of halogens is 4. The molecule has 5 nitrogen and oxygen atoms in total. The summed E-state index contributed by atoms with van der Waals surface area (Å²) < 4.78 is 50.8. The van der Waals surface area contributed by atoms with Gasteiger partial charge in [0.05, 0.1) is 5.39 Å². The highest BCUT2D eigenvalue weighted by Crippen LogP contribution is 2.42. The molecule has 0 aliphatic heterocycles. The van der Waals surface area contributed by atoms with Crippen molar-refractivity contribution in [1.29, 1.82) is 0 Å². The molecule has 0 saturated heterocycles. The second-order valence-electron chi connectivity index (χ2n) is 7.14. The predicted molar refractivity (Wildman–Crippen MR) is 109 cm³/mol. The predicted octanol–water partition coefficient (Wildman–Crippen LogP) is 6.61. The molecule has 1 atom stereocenters. The van der Waals surface area contributed by atoms with Gasteiger partial charge in [-0.25, -0.2) is 4.79 Å². The van der Waals surface area contributed by atoms with Crippen LogP contribution in [0.4, 0.5) is 13.2 Å². The smallest absolute Gasteiger partial charge is 0.453 e. The lowest BCUT2D eigenvalue weighted by Crippen LogP contribution is -2.19. The molecule has 1 heterocycles. The summed E-state index contributed by atoms with van der Waals surface area (Å²) in [5.74, 6) is -2.17. The number of aliphatic carboxylic acids is 1. The molecule has 0 bridgehead atoms. The lowest BCUT2D eigenvalue weighted by molar-refractivity contribution is -0.154. The summed E-state index contributed by atoms with van der Waals surface area (Å²) >= 11 is 5.89. The molecule has 2 aromatic carbocycles. The topological polar surface area (TPSA) is 72.6 Å². The first kappa shape index (κ1) is 22.9. The maximum absolute atomic E-state index is 13.4. The summed E-state index contributed by atoms with van der Waals surface area (Å²) in [5.41, 5.74) is 1.28. The lowest BCUT2D eigenvalue weighted by Gasteiger charge is -2.21. The van der Waals surface area contributed by atoms with Crippen molar-refractivity contribution in [3.63, 3.8) is 0 Å². The van der Waals surface area contributed by atoms with Crippen LogP contribution in [0.2, 0.25) is 5.02 Å². The van der Waals surface area contributed by atoms with Gasteiger partial charge in [0.15, 0.2) is 0 Å². The number of fused-ring (bicyclic) bond motifs is 1. The van der Waals surface area contributed by atoms with Crippen molar-refractivity contribution in [3.8, 4) is 5.75 Å². The molecular weight excluding hydrogens is 435 g/mol. The van der Waals surface area contributed by atoms with E-state index in [2.05, 4.69) is 9.68 Å². The van der Waals surface area contributed by atoms with Crippen molar-refractivity contribution in [3.05, 3.63) is 57.8 Å². The number of aromatic nitrogens is 1. The Morgan fingerprint density at radius 1 is 1.19 bits per heavy atom. The minimum atomic E-state index is -4.70. The van der Waals surface area contributed by atoms with E-state index in [4.69, 9.17) is 16.3 Å². The van der Waals surface area contributed by atoms with Gasteiger partial charge in [-0.3, -0.25) is 0 Å². The number of carbonyl (C=O) groups is 1. The summed E-state index contributed by atoms with van der Waals surface area (Å²) in [7, 11) is 0. The molecule has 0 saturated carbocycles. The second kappa shape index (κ2) is 9.18. The molecule has 3 rings (SSSR count). The lowest BCUT2D eigenvalue weighted by atomic mass is 9.97. The monoisotopic (exact) mass is 455 g/mol. The third-order valence-electron chi connectivity index (χ3n) is 4.81. The fraction of sp³-hybridized carbons (Fsp3) is 0.364. The van der Waals surface area contributed by atoms with Gasteiger partial charge < -0.3 is 14.4 Å². The largest absolute Gasteiger partial charge is 0.478 e. The zero-order valence-electron chi connectivity index (χ0n) is 16.9. The van der Waals surface area contributed by atoms with Crippen LogP contribution in [0.3, 0.4) is 0 Å². The molecule has 0 spiro atoms. The Hall–Kier alpha value is -2.74. The van der Waals surface area contributed by atoms with Gasteiger partial charge in [0, 0.05) is 16.1 Å². The Bertz CT molecular complexity index is 1080. The van der Waals surface area contributed by atoms with E-state index in [0.717, 1.165) is 0 Å². The van der Waals surface area contributed by atoms with Crippen molar-refractivity contribution in [2.45, 2.75) is 51.8 Å². The van der Waals surface area contributed by atoms with Gasteiger partial charge in [0.2, 0.25) is 11.9 Å². The maximum atomic E-state index is 13.4. The van der Waals surface area contributed by atoms with Crippen LogP contribution in [-0.4, -0.2) is 16.2 Å². The first-order chi connectivity index (χ1) is 14.7. The van der Waals surface area contributed by atoms with Gasteiger partial charge >= 0.3 is 12.1 Å². The third-order valence-corrected chi connectivity index (χ3v) is 5.06. The van der Waals surface area contributed by atoms with Crippen LogP contribution in [0.25, 0.3) is 10.9 Å². The Morgan fingerprint density at radius 2 is 1.84 bits per heavy atom. The second-order valence-corrected chi connectivity index (χ2v) is 7.57. The van der Waals surface area contributed by atoms with Gasteiger partial charge in [-0.15, -0.1) is 0 Å². The van der Waals surface area contributed by atoms with E-state index in [0.29, 0.717) is 47.4 Å². The van der Waals surface area contributed by atoms with Gasteiger partial charge in [-0.05, 0) is 36.6 Å². The minimum absolute atomic E-state index is 0.0317. The van der Waals surface area contributed by atoms with Crippen LogP contribution in [0, 0.1) is 0 Å². The first-order valence-electron chi connectivity index (χ1n) is 9.83. The van der Waals surface area contributed by atoms with Gasteiger partial charge in [-0.1, -0.05) is 55.6 Å². The van der Waals surface area contributed by atoms with Crippen LogP contribution in [0.1, 0.15) is 55.2 Å². The van der Waals surface area contributed by atoms with E-state index in [-0.39, 0.29) is 16.7 Å². The molecular formula is C22H21ClF3NO4. The van der Waals surface area contributed by atoms with E-state index < -0.39 is 24.0 Å². The zero-order valence-corrected chi connectivity index (χ0v) is 17.7. The van der Waals surface area contributed by atoms with Crippen LogP contribution in [0.15, 0.2) is 34.9 Å². The van der Waals surface area contributed by atoms with Gasteiger partial charge in [-0.2, -0.15) is 13.2 Å². The Balaban J connectivity index is 2.21. The zero-order chi connectivity index (χ0) is 22.8. The Kier molecular flexibility index (Phi) is 6.79. The Morgan fingerprint density at radius 3 is 2.39 bits per heavy atom. The third kappa shape index (κ3) is 4.79. The summed E-state index contributed by atoms with van der Waals surface area (Å²) in [4.78, 5) is 12.0. The molecule has 0 amide bonds.